The van der Waals surface area contributed by atoms with Gasteiger partial charge in [0.05, 0.1) is 5.69 Å². The highest BCUT2D eigenvalue weighted by molar-refractivity contribution is 7.01. The SMILES string of the molecule is CN1c2ccccc2B2c3ccccc3N(C)c3cccc1c32.c1ccc(N(c2ccccc2)c2cc3c4c(c2)N(c2ccccc2)c2ccccc2B4c2ccccc2N3c2ccccc2)cc1.c1ccc(N(c2ccccc2)c2ccc3c(c2)Oc2cccc4c2B3c2ccc(N(c3ccccc3)c3ccccc3)cc2O4)cc1. The van der Waals surface area contributed by atoms with Crippen molar-refractivity contribution < 1.29 is 9.47 Å². The monoisotopic (exact) mass is 1490 g/mol. The Morgan fingerprint density at radius 1 is 0.190 bits per heavy atom. The van der Waals surface area contributed by atoms with Gasteiger partial charge in [0.25, 0.3) is 20.1 Å². The molecule has 17 aromatic rings. The van der Waals surface area contributed by atoms with E-state index in [4.69, 9.17) is 9.47 Å². The van der Waals surface area contributed by atoms with Crippen LogP contribution in [-0.2, 0) is 0 Å². The number of rotatable bonds is 11. The molecule has 0 atom stereocenters. The summed E-state index contributed by atoms with van der Waals surface area (Å²) in [5.74, 6) is 3.35. The van der Waals surface area contributed by atoms with E-state index in [0.29, 0.717) is 6.71 Å². The van der Waals surface area contributed by atoms with Crippen molar-refractivity contribution in [2.24, 2.45) is 0 Å². The van der Waals surface area contributed by atoms with Crippen molar-refractivity contribution in [1.29, 1.82) is 0 Å². The van der Waals surface area contributed by atoms with Crippen LogP contribution in [0.5, 0.6) is 23.0 Å². The van der Waals surface area contributed by atoms with E-state index in [9.17, 15) is 0 Å². The fraction of sp³-hybridized carbons (Fsp3) is 0.0192. The molecule has 23 rings (SSSR count). The first-order chi connectivity index (χ1) is 57.5. The number of fused-ring (bicyclic) bond motifs is 12. The quantitative estimate of drug-likeness (QED) is 0.118. The summed E-state index contributed by atoms with van der Waals surface area (Å²) in [5, 5.41) is 0. The van der Waals surface area contributed by atoms with Gasteiger partial charge in [0.2, 0.25) is 0 Å². The van der Waals surface area contributed by atoms with Gasteiger partial charge in [0, 0.05) is 134 Å². The third kappa shape index (κ3) is 11.9. The summed E-state index contributed by atoms with van der Waals surface area (Å²) in [6, 6.07) is 151. The Morgan fingerprint density at radius 3 is 0.810 bits per heavy atom. The Kier molecular flexibility index (Phi) is 17.5. The van der Waals surface area contributed by atoms with Crippen molar-refractivity contribution in [2.45, 2.75) is 0 Å². The first-order valence-corrected chi connectivity index (χ1v) is 39.8. The number of hydrogen-bond acceptors (Lipinski definition) is 9. The summed E-state index contributed by atoms with van der Waals surface area (Å²) in [4.78, 5) is 16.5. The summed E-state index contributed by atoms with van der Waals surface area (Å²) in [6.45, 7) is 0.384. The van der Waals surface area contributed by atoms with Crippen molar-refractivity contribution in [1.82, 2.24) is 0 Å². The molecule has 0 unspecified atom stereocenters. The van der Waals surface area contributed by atoms with E-state index >= 15 is 0 Å². The number of anilines is 19. The zero-order valence-electron chi connectivity index (χ0n) is 64.1. The Labute approximate surface area is 678 Å². The van der Waals surface area contributed by atoms with E-state index in [1.165, 1.54) is 78.3 Å². The molecule has 0 bridgehead atoms. The summed E-state index contributed by atoms with van der Waals surface area (Å²) >= 11 is 0. The Bertz CT molecular complexity index is 6060. The fourth-order valence-electron chi connectivity index (χ4n) is 18.4. The van der Waals surface area contributed by atoms with E-state index < -0.39 is 0 Å². The molecular formula is C104H76B3N7O2. The maximum atomic E-state index is 6.66. The minimum absolute atomic E-state index is 0.0272. The molecule has 0 aliphatic carbocycles. The van der Waals surface area contributed by atoms with Gasteiger partial charge >= 0.3 is 0 Å². The molecule has 6 aliphatic rings. The number of nitrogens with zero attached hydrogens (tertiary/aromatic N) is 7. The lowest BCUT2D eigenvalue weighted by atomic mass is 9.33. The summed E-state index contributed by atoms with van der Waals surface area (Å²) < 4.78 is 13.3. The third-order valence-electron chi connectivity index (χ3n) is 23.4. The van der Waals surface area contributed by atoms with E-state index in [2.05, 4.69) is 431 Å². The maximum absolute atomic E-state index is 6.66. The molecule has 0 saturated carbocycles. The van der Waals surface area contributed by atoms with Gasteiger partial charge in [-0.2, -0.15) is 0 Å². The summed E-state index contributed by atoms with van der Waals surface area (Å²) in [5.41, 5.74) is 33.5. The average Bonchev–Trinajstić information content (AvgIpc) is 0.726. The number of benzene rings is 17. The molecule has 0 saturated heterocycles. The van der Waals surface area contributed by atoms with Gasteiger partial charge in [-0.05, 0) is 214 Å². The largest absolute Gasteiger partial charge is 0.458 e. The van der Waals surface area contributed by atoms with Gasteiger partial charge in [-0.3, -0.25) is 0 Å². The first-order valence-electron chi connectivity index (χ1n) is 39.8. The van der Waals surface area contributed by atoms with Crippen LogP contribution < -0.4 is 92.9 Å². The Balaban J connectivity index is 0.000000115. The molecule has 0 amide bonds. The molecule has 548 valence electrons. The summed E-state index contributed by atoms with van der Waals surface area (Å²) in [6.07, 6.45) is 0. The molecule has 0 N–H and O–H groups in total. The van der Waals surface area contributed by atoms with E-state index in [-0.39, 0.29) is 13.4 Å². The van der Waals surface area contributed by atoms with Crippen LogP contribution in [0.2, 0.25) is 0 Å². The third-order valence-corrected chi connectivity index (χ3v) is 23.4. The normalized spacial score (nSPS) is 12.8. The number of hydrogen-bond donors (Lipinski definition) is 0. The van der Waals surface area contributed by atoms with Gasteiger partial charge in [-0.25, -0.2) is 0 Å². The van der Waals surface area contributed by atoms with Gasteiger partial charge in [0.15, 0.2) is 0 Å². The van der Waals surface area contributed by atoms with Crippen LogP contribution in [0.25, 0.3) is 0 Å². The smallest absolute Gasteiger partial charge is 0.260 e. The molecule has 116 heavy (non-hydrogen) atoms. The van der Waals surface area contributed by atoms with Crippen molar-refractivity contribution in [3.63, 3.8) is 0 Å². The molecule has 6 heterocycles. The Hall–Kier alpha value is -14.9. The van der Waals surface area contributed by atoms with E-state index in [1.807, 2.05) is 42.5 Å². The zero-order chi connectivity index (χ0) is 77.2. The predicted octanol–water partition coefficient (Wildman–Crippen LogP) is 21.0. The lowest BCUT2D eigenvalue weighted by Crippen LogP contribution is -2.61. The highest BCUT2D eigenvalue weighted by Gasteiger charge is 2.46. The highest BCUT2D eigenvalue weighted by atomic mass is 16.5. The molecule has 9 nitrogen and oxygen atoms in total. The van der Waals surface area contributed by atoms with E-state index in [0.717, 1.165) is 102 Å². The van der Waals surface area contributed by atoms with Crippen molar-refractivity contribution in [3.05, 3.63) is 425 Å². The molecule has 0 fully saturated rings. The number of para-hydroxylation sites is 12. The molecular weight excluding hydrogens is 1410 g/mol. The lowest BCUT2D eigenvalue weighted by molar-refractivity contribution is 0.464. The van der Waals surface area contributed by atoms with Crippen LogP contribution in [0.1, 0.15) is 0 Å². The van der Waals surface area contributed by atoms with Gasteiger partial charge in [-0.15, -0.1) is 0 Å². The average molecular weight is 1490 g/mol. The lowest BCUT2D eigenvalue weighted by Gasteiger charge is -2.45. The second-order valence-electron chi connectivity index (χ2n) is 29.9. The van der Waals surface area contributed by atoms with E-state index in [1.54, 1.807) is 0 Å². The first kappa shape index (κ1) is 69.1. The molecule has 0 radical (unpaired) electrons. The topological polar surface area (TPSA) is 41.1 Å². The van der Waals surface area contributed by atoms with Crippen molar-refractivity contribution in [3.8, 4) is 23.0 Å². The standard InChI is InChI=1S/C42H30BN3.C42H29BN2O2.C20H17BN2/c1-5-17-31(18-6-1)44(32-19-7-2-8-20-32)35-29-40-42-41(30-35)46(34-23-11-4-12-24-34)39-28-16-14-26-37(39)43(42)36-25-13-15-27-38(36)45(40)33-21-9-3-10-22-33;1-5-14-30(15-6-1)44(31-16-7-2-8-17-31)34-24-26-36-40(28-34)46-38-22-13-23-39-42(38)43(36)37-27-25-35(29-41(37)47-39)45(32-18-9-3-10-19-32)33-20-11-4-12-21-33;1-22-16-10-5-3-8-14(16)21-15-9-4-6-11-17(15)23(2)19-13-7-12-18(22)20(19)21/h1-30H;1-29H;3-13H,1-2H3. The highest BCUT2D eigenvalue weighted by Crippen LogP contribution is 2.49. The second-order valence-corrected chi connectivity index (χ2v) is 29.9. The van der Waals surface area contributed by atoms with Crippen LogP contribution in [0, 0.1) is 0 Å². The van der Waals surface area contributed by atoms with Crippen molar-refractivity contribution >= 4 is 177 Å². The van der Waals surface area contributed by atoms with Crippen LogP contribution in [0.15, 0.2) is 425 Å². The van der Waals surface area contributed by atoms with Crippen LogP contribution in [0.4, 0.5) is 108 Å². The van der Waals surface area contributed by atoms with Gasteiger partial charge in [0.1, 0.15) is 23.0 Å². The zero-order valence-corrected chi connectivity index (χ0v) is 64.1. The minimum atomic E-state index is -0.0272. The molecule has 12 heteroatoms. The Morgan fingerprint density at radius 2 is 0.457 bits per heavy atom. The van der Waals surface area contributed by atoms with Gasteiger partial charge < -0.3 is 43.8 Å². The molecule has 0 aromatic heterocycles. The number of ether oxygens (including phenoxy) is 2. The summed E-state index contributed by atoms with van der Waals surface area (Å²) in [7, 11) is 4.34. The fourth-order valence-corrected chi connectivity index (χ4v) is 18.4. The van der Waals surface area contributed by atoms with Crippen LogP contribution in [-0.4, -0.2) is 34.2 Å². The van der Waals surface area contributed by atoms with Gasteiger partial charge in [-0.1, -0.05) is 243 Å². The molecule has 0 spiro atoms. The second kappa shape index (κ2) is 29.3. The molecule has 6 aliphatic heterocycles. The maximum Gasteiger partial charge on any atom is 0.260 e. The molecule has 17 aromatic carbocycles. The minimum Gasteiger partial charge on any atom is -0.458 e. The van der Waals surface area contributed by atoms with Crippen LogP contribution >= 0.6 is 0 Å². The predicted molar refractivity (Wildman–Crippen MR) is 489 cm³/mol. The van der Waals surface area contributed by atoms with Crippen LogP contribution in [0.3, 0.4) is 0 Å². The van der Waals surface area contributed by atoms with Crippen molar-refractivity contribution in [2.75, 3.05) is 48.4 Å².